The molecule has 0 saturated carbocycles. The summed E-state index contributed by atoms with van der Waals surface area (Å²) in [5.74, 6) is 0. The Balaban J connectivity index is 2.79. The van der Waals surface area contributed by atoms with Gasteiger partial charge < -0.3 is 5.32 Å². The van der Waals surface area contributed by atoms with Gasteiger partial charge in [0.2, 0.25) is 0 Å². The van der Waals surface area contributed by atoms with Gasteiger partial charge in [-0.05, 0) is 30.4 Å². The summed E-state index contributed by atoms with van der Waals surface area (Å²) >= 11 is 5.88. The topological polar surface area (TPSA) is 55.2 Å². The number of rotatable bonds is 4. The number of hydrogen-bond donors (Lipinski definition) is 1. The Hall–Kier alpha value is -1.29. The first kappa shape index (κ1) is 14.8. The van der Waals surface area contributed by atoms with Crippen molar-refractivity contribution in [2.24, 2.45) is 5.41 Å². The summed E-state index contributed by atoms with van der Waals surface area (Å²) in [6.07, 6.45) is 1.01. The fourth-order valence-corrected chi connectivity index (χ4v) is 1.80. The van der Waals surface area contributed by atoms with Crippen LogP contribution in [-0.2, 0) is 0 Å². The summed E-state index contributed by atoms with van der Waals surface area (Å²) < 4.78 is 0. The molecule has 0 spiro atoms. The number of hydrogen-bond acceptors (Lipinski definition) is 3. The molecule has 1 aromatic carbocycles. The fraction of sp³-hybridized carbons (Fsp3) is 0.538. The zero-order chi connectivity index (χ0) is 13.9. The lowest BCUT2D eigenvalue weighted by Gasteiger charge is -2.19. The van der Waals surface area contributed by atoms with E-state index in [9.17, 15) is 10.1 Å². The van der Waals surface area contributed by atoms with Crippen molar-refractivity contribution in [2.45, 2.75) is 34.1 Å². The van der Waals surface area contributed by atoms with Crippen LogP contribution in [-0.4, -0.2) is 11.5 Å². The normalized spacial score (nSPS) is 11.4. The molecule has 100 valence electrons. The van der Waals surface area contributed by atoms with Crippen LogP contribution in [0.5, 0.6) is 0 Å². The molecule has 18 heavy (non-hydrogen) atoms. The van der Waals surface area contributed by atoms with Crippen LogP contribution in [0.1, 0.15) is 32.8 Å². The first-order chi connectivity index (χ1) is 8.20. The Bertz CT molecular complexity index is 453. The molecular formula is C13H19ClN2O2. The largest absolute Gasteiger partial charge is 0.385 e. The molecule has 0 atom stereocenters. The first-order valence-electron chi connectivity index (χ1n) is 5.89. The molecule has 0 unspecified atom stereocenters. The van der Waals surface area contributed by atoms with Crippen molar-refractivity contribution in [2.75, 3.05) is 11.9 Å². The lowest BCUT2D eigenvalue weighted by molar-refractivity contribution is -0.384. The summed E-state index contributed by atoms with van der Waals surface area (Å²) in [6.45, 7) is 9.17. The molecule has 0 amide bonds. The molecular weight excluding hydrogens is 252 g/mol. The van der Waals surface area contributed by atoms with Gasteiger partial charge in [0.15, 0.2) is 0 Å². The number of halogens is 1. The Kier molecular flexibility index (Phi) is 4.57. The van der Waals surface area contributed by atoms with E-state index in [1.165, 1.54) is 6.07 Å². The van der Waals surface area contributed by atoms with E-state index in [1.54, 1.807) is 6.07 Å². The monoisotopic (exact) mass is 270 g/mol. The van der Waals surface area contributed by atoms with Crippen molar-refractivity contribution in [1.82, 2.24) is 0 Å². The number of nitro groups is 1. The van der Waals surface area contributed by atoms with Gasteiger partial charge in [0, 0.05) is 18.3 Å². The fourth-order valence-electron chi connectivity index (χ4n) is 1.57. The SMILES string of the molecule is Cc1cc([N+](=O)[O-])c(Cl)cc1NCCC(C)(C)C. The summed E-state index contributed by atoms with van der Waals surface area (Å²) in [5, 5.41) is 14.2. The molecule has 4 nitrogen and oxygen atoms in total. The molecule has 0 aliphatic rings. The van der Waals surface area contributed by atoms with E-state index in [0.717, 1.165) is 24.2 Å². The molecule has 0 radical (unpaired) electrons. The highest BCUT2D eigenvalue weighted by Crippen LogP contribution is 2.30. The van der Waals surface area contributed by atoms with Crippen LogP contribution in [0.3, 0.4) is 0 Å². The third-order valence-corrected chi connectivity index (χ3v) is 2.98. The minimum absolute atomic E-state index is 0.0458. The second-order valence-electron chi connectivity index (χ2n) is 5.61. The maximum atomic E-state index is 10.7. The Morgan fingerprint density at radius 3 is 2.50 bits per heavy atom. The third-order valence-electron chi connectivity index (χ3n) is 2.68. The highest BCUT2D eigenvalue weighted by atomic mass is 35.5. The van der Waals surface area contributed by atoms with Crippen LogP contribution in [0.4, 0.5) is 11.4 Å². The molecule has 0 aliphatic carbocycles. The van der Waals surface area contributed by atoms with E-state index < -0.39 is 4.92 Å². The highest BCUT2D eigenvalue weighted by Gasteiger charge is 2.15. The van der Waals surface area contributed by atoms with Crippen molar-refractivity contribution in [3.05, 3.63) is 32.8 Å². The van der Waals surface area contributed by atoms with Gasteiger partial charge in [0.25, 0.3) is 5.69 Å². The lowest BCUT2D eigenvalue weighted by atomic mass is 9.92. The number of nitro benzene ring substituents is 1. The second-order valence-corrected chi connectivity index (χ2v) is 6.02. The number of nitrogens with one attached hydrogen (secondary N) is 1. The molecule has 0 aromatic heterocycles. The van der Waals surface area contributed by atoms with Crippen LogP contribution in [0.25, 0.3) is 0 Å². The molecule has 0 bridgehead atoms. The van der Waals surface area contributed by atoms with Crippen molar-refractivity contribution in [1.29, 1.82) is 0 Å². The number of benzene rings is 1. The van der Waals surface area contributed by atoms with Gasteiger partial charge in [-0.1, -0.05) is 32.4 Å². The molecule has 0 fully saturated rings. The molecule has 1 rings (SSSR count). The standard InChI is InChI=1S/C13H19ClN2O2/c1-9-7-12(16(17)18)10(14)8-11(9)15-6-5-13(2,3)4/h7-8,15H,5-6H2,1-4H3. The molecule has 0 aliphatic heterocycles. The van der Waals surface area contributed by atoms with Gasteiger partial charge in [-0.15, -0.1) is 0 Å². The van der Waals surface area contributed by atoms with Crippen LogP contribution in [0.15, 0.2) is 12.1 Å². The molecule has 1 aromatic rings. The maximum Gasteiger partial charge on any atom is 0.288 e. The third kappa shape index (κ3) is 4.18. The van der Waals surface area contributed by atoms with E-state index in [4.69, 9.17) is 11.6 Å². The Morgan fingerprint density at radius 1 is 1.39 bits per heavy atom. The van der Waals surface area contributed by atoms with Crippen molar-refractivity contribution in [3.8, 4) is 0 Å². The predicted octanol–water partition coefficient (Wildman–Crippen LogP) is 4.40. The quantitative estimate of drug-likeness (QED) is 0.651. The molecule has 1 N–H and O–H groups in total. The van der Waals surface area contributed by atoms with Crippen LogP contribution in [0.2, 0.25) is 5.02 Å². The molecule has 0 saturated heterocycles. The van der Waals surface area contributed by atoms with Crippen molar-refractivity contribution >= 4 is 23.0 Å². The zero-order valence-corrected chi connectivity index (χ0v) is 12.0. The molecule has 5 heteroatoms. The van der Waals surface area contributed by atoms with E-state index in [2.05, 4.69) is 26.1 Å². The lowest BCUT2D eigenvalue weighted by Crippen LogP contribution is -2.13. The van der Waals surface area contributed by atoms with Crippen LogP contribution in [0, 0.1) is 22.5 Å². The minimum Gasteiger partial charge on any atom is -0.385 e. The summed E-state index contributed by atoms with van der Waals surface area (Å²) in [5.41, 5.74) is 1.90. The minimum atomic E-state index is -0.464. The smallest absolute Gasteiger partial charge is 0.288 e. The first-order valence-corrected chi connectivity index (χ1v) is 6.27. The summed E-state index contributed by atoms with van der Waals surface area (Å²) in [6, 6.07) is 3.12. The van der Waals surface area contributed by atoms with Crippen LogP contribution < -0.4 is 5.32 Å². The second kappa shape index (κ2) is 5.57. The average molecular weight is 271 g/mol. The number of anilines is 1. The Labute approximate surface area is 112 Å². The highest BCUT2D eigenvalue weighted by molar-refractivity contribution is 6.33. The van der Waals surface area contributed by atoms with E-state index >= 15 is 0 Å². The van der Waals surface area contributed by atoms with Gasteiger partial charge in [0.05, 0.1) is 4.92 Å². The summed E-state index contributed by atoms with van der Waals surface area (Å²) in [7, 11) is 0. The van der Waals surface area contributed by atoms with Gasteiger partial charge >= 0.3 is 0 Å². The molecule has 0 heterocycles. The van der Waals surface area contributed by atoms with E-state index in [-0.39, 0.29) is 16.1 Å². The maximum absolute atomic E-state index is 10.7. The van der Waals surface area contributed by atoms with Crippen molar-refractivity contribution in [3.63, 3.8) is 0 Å². The van der Waals surface area contributed by atoms with E-state index in [1.807, 2.05) is 6.92 Å². The van der Waals surface area contributed by atoms with Crippen molar-refractivity contribution < 1.29 is 4.92 Å². The number of aryl methyl sites for hydroxylation is 1. The van der Waals surface area contributed by atoms with Gasteiger partial charge in [-0.2, -0.15) is 0 Å². The number of nitrogens with zero attached hydrogens (tertiary/aromatic N) is 1. The van der Waals surface area contributed by atoms with Crippen LogP contribution >= 0.6 is 11.6 Å². The zero-order valence-electron chi connectivity index (χ0n) is 11.2. The average Bonchev–Trinajstić information content (AvgIpc) is 2.20. The van der Waals surface area contributed by atoms with E-state index in [0.29, 0.717) is 0 Å². The Morgan fingerprint density at radius 2 is 2.00 bits per heavy atom. The summed E-state index contributed by atoms with van der Waals surface area (Å²) in [4.78, 5) is 10.3. The van der Waals surface area contributed by atoms with Gasteiger partial charge in [0.1, 0.15) is 5.02 Å². The van der Waals surface area contributed by atoms with Gasteiger partial charge in [-0.25, -0.2) is 0 Å². The predicted molar refractivity (Wildman–Crippen MR) is 75.4 cm³/mol. The van der Waals surface area contributed by atoms with Gasteiger partial charge in [-0.3, -0.25) is 10.1 Å².